The Balaban J connectivity index is 2.07. The van der Waals surface area contributed by atoms with Gasteiger partial charge in [0.05, 0.1) is 6.10 Å². The van der Waals surface area contributed by atoms with Crippen molar-refractivity contribution in [3.63, 3.8) is 0 Å². The number of hydrogen-bond donors (Lipinski definition) is 0. The minimum atomic E-state index is -0.186. The molecule has 2 unspecified atom stereocenters. The quantitative estimate of drug-likeness (QED) is 0.572. The summed E-state index contributed by atoms with van der Waals surface area (Å²) in [5.41, 5.74) is 0. The van der Waals surface area contributed by atoms with E-state index in [9.17, 15) is 9.59 Å². The van der Waals surface area contributed by atoms with Gasteiger partial charge in [-0.1, -0.05) is 0 Å². The largest absolute Gasteiger partial charge is 0.378 e. The van der Waals surface area contributed by atoms with E-state index in [-0.39, 0.29) is 24.0 Å². The number of carbonyl (C=O) groups is 2. The molecule has 76 valence electrons. The Bertz CT molecular complexity index is 280. The number of carbonyl (C=O) groups excluding carboxylic acids is 2. The van der Waals surface area contributed by atoms with E-state index < -0.39 is 0 Å². The average molecular weight is 195 g/mol. The molecule has 0 aromatic heterocycles. The van der Waals surface area contributed by atoms with Crippen LogP contribution in [0.15, 0.2) is 12.2 Å². The molecule has 4 nitrogen and oxygen atoms in total. The SMILES string of the molecule is CC1CC(N2C(=O)C=CC2=O)CCO1. The van der Waals surface area contributed by atoms with Crippen molar-refractivity contribution in [1.82, 2.24) is 4.90 Å². The summed E-state index contributed by atoms with van der Waals surface area (Å²) >= 11 is 0. The van der Waals surface area contributed by atoms with Crippen molar-refractivity contribution in [2.75, 3.05) is 6.61 Å². The molecule has 0 spiro atoms. The molecular formula is C10H13NO3. The second-order valence-corrected chi connectivity index (χ2v) is 3.74. The lowest BCUT2D eigenvalue weighted by atomic mass is 10.0. The topological polar surface area (TPSA) is 46.6 Å². The predicted octanol–water partition coefficient (Wildman–Crippen LogP) is 0.479. The van der Waals surface area contributed by atoms with E-state index in [0.717, 1.165) is 12.8 Å². The second-order valence-electron chi connectivity index (χ2n) is 3.74. The molecule has 2 aliphatic rings. The highest BCUT2D eigenvalue weighted by atomic mass is 16.5. The highest BCUT2D eigenvalue weighted by molar-refractivity contribution is 6.13. The number of ether oxygens (including phenoxy) is 1. The van der Waals surface area contributed by atoms with Gasteiger partial charge in [-0.05, 0) is 19.8 Å². The van der Waals surface area contributed by atoms with Crippen LogP contribution in [-0.2, 0) is 14.3 Å². The molecule has 1 saturated heterocycles. The molecule has 2 aliphatic heterocycles. The fourth-order valence-corrected chi connectivity index (χ4v) is 1.98. The van der Waals surface area contributed by atoms with E-state index >= 15 is 0 Å². The second kappa shape index (κ2) is 3.53. The fourth-order valence-electron chi connectivity index (χ4n) is 1.98. The van der Waals surface area contributed by atoms with Gasteiger partial charge < -0.3 is 4.74 Å². The van der Waals surface area contributed by atoms with Gasteiger partial charge in [0.2, 0.25) is 0 Å². The molecule has 0 aliphatic carbocycles. The van der Waals surface area contributed by atoms with Gasteiger partial charge in [-0.25, -0.2) is 0 Å². The highest BCUT2D eigenvalue weighted by Gasteiger charge is 2.33. The van der Waals surface area contributed by atoms with E-state index in [1.54, 1.807) is 0 Å². The molecule has 2 rings (SSSR count). The van der Waals surface area contributed by atoms with E-state index in [2.05, 4.69) is 0 Å². The van der Waals surface area contributed by atoms with Crippen molar-refractivity contribution < 1.29 is 14.3 Å². The smallest absolute Gasteiger partial charge is 0.253 e. The van der Waals surface area contributed by atoms with E-state index in [1.165, 1.54) is 17.1 Å². The van der Waals surface area contributed by atoms with Crippen molar-refractivity contribution in [1.29, 1.82) is 0 Å². The Morgan fingerprint density at radius 1 is 1.36 bits per heavy atom. The third-order valence-corrected chi connectivity index (χ3v) is 2.67. The lowest BCUT2D eigenvalue weighted by Gasteiger charge is -2.32. The summed E-state index contributed by atoms with van der Waals surface area (Å²) in [7, 11) is 0. The first kappa shape index (κ1) is 9.40. The normalized spacial score (nSPS) is 32.8. The van der Waals surface area contributed by atoms with Gasteiger partial charge in [-0.15, -0.1) is 0 Å². The van der Waals surface area contributed by atoms with Gasteiger partial charge >= 0.3 is 0 Å². The van der Waals surface area contributed by atoms with Crippen LogP contribution in [-0.4, -0.2) is 35.5 Å². The van der Waals surface area contributed by atoms with Crippen LogP contribution in [0, 0.1) is 0 Å². The standard InChI is InChI=1S/C10H13NO3/c1-7-6-8(4-5-14-7)11-9(12)2-3-10(11)13/h2-3,7-8H,4-6H2,1H3. The van der Waals surface area contributed by atoms with E-state index in [0.29, 0.717) is 6.61 Å². The first-order valence-electron chi connectivity index (χ1n) is 4.85. The number of rotatable bonds is 1. The number of nitrogens with zero attached hydrogens (tertiary/aromatic N) is 1. The van der Waals surface area contributed by atoms with Crippen LogP contribution < -0.4 is 0 Å². The van der Waals surface area contributed by atoms with Crippen molar-refractivity contribution in [2.24, 2.45) is 0 Å². The zero-order valence-electron chi connectivity index (χ0n) is 8.10. The molecule has 2 amide bonds. The molecule has 0 N–H and O–H groups in total. The summed E-state index contributed by atoms with van der Waals surface area (Å²) in [5.74, 6) is -0.372. The van der Waals surface area contributed by atoms with Crippen LogP contribution in [0.2, 0.25) is 0 Å². The van der Waals surface area contributed by atoms with Crippen LogP contribution in [0.3, 0.4) is 0 Å². The fraction of sp³-hybridized carbons (Fsp3) is 0.600. The molecule has 1 fully saturated rings. The van der Waals surface area contributed by atoms with Gasteiger partial charge in [0, 0.05) is 24.8 Å². The minimum Gasteiger partial charge on any atom is -0.378 e. The Morgan fingerprint density at radius 3 is 2.57 bits per heavy atom. The van der Waals surface area contributed by atoms with Crippen molar-refractivity contribution >= 4 is 11.8 Å². The maximum atomic E-state index is 11.4. The van der Waals surface area contributed by atoms with Gasteiger partial charge in [0.25, 0.3) is 11.8 Å². The first-order chi connectivity index (χ1) is 6.68. The zero-order chi connectivity index (χ0) is 10.1. The zero-order valence-corrected chi connectivity index (χ0v) is 8.10. The molecule has 2 heterocycles. The van der Waals surface area contributed by atoms with Crippen LogP contribution in [0.25, 0.3) is 0 Å². The summed E-state index contributed by atoms with van der Waals surface area (Å²) < 4.78 is 5.37. The molecule has 0 saturated carbocycles. The molecule has 0 aromatic carbocycles. The van der Waals surface area contributed by atoms with Gasteiger partial charge in [-0.3, -0.25) is 14.5 Å². The number of imide groups is 1. The van der Waals surface area contributed by atoms with Gasteiger partial charge in [0.15, 0.2) is 0 Å². The monoisotopic (exact) mass is 195 g/mol. The Labute approximate surface area is 82.5 Å². The lowest BCUT2D eigenvalue weighted by Crippen LogP contribution is -2.44. The Hall–Kier alpha value is -1.16. The summed E-state index contributed by atoms with van der Waals surface area (Å²) in [5, 5.41) is 0. The average Bonchev–Trinajstić information content (AvgIpc) is 2.46. The summed E-state index contributed by atoms with van der Waals surface area (Å²) in [4.78, 5) is 24.1. The van der Waals surface area contributed by atoms with Gasteiger partial charge in [-0.2, -0.15) is 0 Å². The lowest BCUT2D eigenvalue weighted by molar-refractivity contribution is -0.142. The molecule has 14 heavy (non-hydrogen) atoms. The molecule has 2 atom stereocenters. The van der Waals surface area contributed by atoms with Crippen molar-refractivity contribution in [2.45, 2.75) is 31.9 Å². The predicted molar refractivity (Wildman–Crippen MR) is 49.4 cm³/mol. The molecular weight excluding hydrogens is 182 g/mol. The van der Waals surface area contributed by atoms with Gasteiger partial charge in [0.1, 0.15) is 0 Å². The molecule has 0 radical (unpaired) electrons. The summed E-state index contributed by atoms with van der Waals surface area (Å²) in [6.45, 7) is 2.59. The Morgan fingerprint density at radius 2 is 2.00 bits per heavy atom. The summed E-state index contributed by atoms with van der Waals surface area (Å²) in [6, 6.07) is 0.0220. The third kappa shape index (κ3) is 1.57. The van der Waals surface area contributed by atoms with Crippen LogP contribution in [0.5, 0.6) is 0 Å². The maximum absolute atomic E-state index is 11.4. The molecule has 0 bridgehead atoms. The van der Waals surface area contributed by atoms with E-state index in [4.69, 9.17) is 4.74 Å². The van der Waals surface area contributed by atoms with Crippen LogP contribution in [0.1, 0.15) is 19.8 Å². The Kier molecular flexibility index (Phi) is 2.37. The molecule has 0 aromatic rings. The van der Waals surface area contributed by atoms with Crippen molar-refractivity contribution in [3.8, 4) is 0 Å². The van der Waals surface area contributed by atoms with Crippen LogP contribution >= 0.6 is 0 Å². The number of amides is 2. The maximum Gasteiger partial charge on any atom is 0.253 e. The number of hydrogen-bond acceptors (Lipinski definition) is 3. The third-order valence-electron chi connectivity index (χ3n) is 2.67. The highest BCUT2D eigenvalue weighted by Crippen LogP contribution is 2.21. The van der Waals surface area contributed by atoms with Crippen LogP contribution in [0.4, 0.5) is 0 Å². The first-order valence-corrected chi connectivity index (χ1v) is 4.85. The minimum absolute atomic E-state index is 0.0220. The summed E-state index contributed by atoms with van der Waals surface area (Å²) in [6.07, 6.45) is 4.31. The molecule has 4 heteroatoms. The van der Waals surface area contributed by atoms with Crippen molar-refractivity contribution in [3.05, 3.63) is 12.2 Å². The van der Waals surface area contributed by atoms with E-state index in [1.807, 2.05) is 6.92 Å².